The molecule has 0 saturated carbocycles. The van der Waals surface area contributed by atoms with Crippen molar-refractivity contribution in [1.82, 2.24) is 5.32 Å². The first-order valence-corrected chi connectivity index (χ1v) is 8.24. The lowest BCUT2D eigenvalue weighted by molar-refractivity contribution is -0.137. The molecular weight excluding hydrogens is 343 g/mol. The number of nitrogens with zero attached hydrogens (tertiary/aromatic N) is 1. The second-order valence-corrected chi connectivity index (χ2v) is 6.12. The Morgan fingerprint density at radius 2 is 1.77 bits per heavy atom. The molecule has 0 aliphatic rings. The minimum atomic E-state index is -4.43. The molecule has 0 unspecified atom stereocenters. The van der Waals surface area contributed by atoms with E-state index in [1.165, 1.54) is 12.1 Å². The smallest absolute Gasteiger partial charge is 0.378 e. The summed E-state index contributed by atoms with van der Waals surface area (Å²) in [6, 6.07) is 12.2. The molecule has 2 rings (SSSR count). The van der Waals surface area contributed by atoms with Crippen LogP contribution in [0.15, 0.2) is 48.5 Å². The van der Waals surface area contributed by atoms with Crippen molar-refractivity contribution in [1.29, 1.82) is 0 Å². The fourth-order valence-electron chi connectivity index (χ4n) is 2.40. The number of halogens is 3. The molecule has 2 N–H and O–H groups in total. The largest absolute Gasteiger partial charge is 0.416 e. The van der Waals surface area contributed by atoms with Gasteiger partial charge in [-0.3, -0.25) is 0 Å². The van der Waals surface area contributed by atoms with Gasteiger partial charge in [-0.15, -0.1) is 0 Å². The van der Waals surface area contributed by atoms with Crippen LogP contribution in [-0.2, 0) is 12.6 Å². The molecule has 7 heteroatoms. The fourth-order valence-corrected chi connectivity index (χ4v) is 2.40. The highest BCUT2D eigenvalue weighted by molar-refractivity contribution is 5.89. The molecule has 140 valence electrons. The Kier molecular flexibility index (Phi) is 6.49. The molecule has 4 nitrogen and oxygen atoms in total. The van der Waals surface area contributed by atoms with Crippen molar-refractivity contribution in [3.05, 3.63) is 59.7 Å². The number of amides is 2. The van der Waals surface area contributed by atoms with Crippen molar-refractivity contribution in [2.45, 2.75) is 19.0 Å². The summed E-state index contributed by atoms with van der Waals surface area (Å²) in [7, 11) is 3.95. The van der Waals surface area contributed by atoms with E-state index in [0.717, 1.165) is 36.2 Å². The van der Waals surface area contributed by atoms with E-state index in [9.17, 15) is 18.0 Å². The van der Waals surface area contributed by atoms with Gasteiger partial charge in [0.1, 0.15) is 0 Å². The van der Waals surface area contributed by atoms with E-state index in [0.29, 0.717) is 6.54 Å². The Hall–Kier alpha value is -2.70. The summed E-state index contributed by atoms with van der Waals surface area (Å²) in [4.78, 5) is 13.8. The third-order valence-electron chi connectivity index (χ3n) is 3.83. The van der Waals surface area contributed by atoms with Gasteiger partial charge in [0.25, 0.3) is 0 Å². The van der Waals surface area contributed by atoms with E-state index in [2.05, 4.69) is 10.6 Å². The van der Waals surface area contributed by atoms with Crippen molar-refractivity contribution in [3.63, 3.8) is 0 Å². The summed E-state index contributed by atoms with van der Waals surface area (Å²) >= 11 is 0. The summed E-state index contributed by atoms with van der Waals surface area (Å²) in [5.41, 5.74) is 1.59. The number of benzene rings is 2. The van der Waals surface area contributed by atoms with Crippen molar-refractivity contribution in [2.75, 3.05) is 30.9 Å². The molecule has 0 bridgehead atoms. The molecule has 26 heavy (non-hydrogen) atoms. The van der Waals surface area contributed by atoms with Gasteiger partial charge < -0.3 is 15.5 Å². The number of urea groups is 1. The summed E-state index contributed by atoms with van der Waals surface area (Å²) in [6.45, 7) is 0.431. The first kappa shape index (κ1) is 19.6. The van der Waals surface area contributed by atoms with Crippen LogP contribution in [0.25, 0.3) is 0 Å². The summed E-state index contributed by atoms with van der Waals surface area (Å²) in [6.07, 6.45) is -2.90. The molecule has 0 spiro atoms. The molecule has 0 aromatic heterocycles. The first-order chi connectivity index (χ1) is 12.3. The number of carbonyl (C=O) groups excluding carboxylic acids is 1. The topological polar surface area (TPSA) is 44.4 Å². The van der Waals surface area contributed by atoms with Gasteiger partial charge in [-0.1, -0.05) is 18.2 Å². The van der Waals surface area contributed by atoms with Gasteiger partial charge >= 0.3 is 12.2 Å². The van der Waals surface area contributed by atoms with Gasteiger partial charge in [-0.25, -0.2) is 4.79 Å². The summed E-state index contributed by atoms with van der Waals surface area (Å²) < 4.78 is 38.0. The van der Waals surface area contributed by atoms with Crippen LogP contribution in [0.3, 0.4) is 0 Å². The van der Waals surface area contributed by atoms with Crippen LogP contribution in [0.4, 0.5) is 29.3 Å². The van der Waals surface area contributed by atoms with Crippen molar-refractivity contribution < 1.29 is 18.0 Å². The van der Waals surface area contributed by atoms with Crippen LogP contribution in [0.2, 0.25) is 0 Å². The maximum atomic E-state index is 12.7. The van der Waals surface area contributed by atoms with Gasteiger partial charge in [-0.05, 0) is 48.7 Å². The summed E-state index contributed by atoms with van der Waals surface area (Å²) in [5, 5.41) is 5.07. The molecule has 0 atom stereocenters. The summed E-state index contributed by atoms with van der Waals surface area (Å²) in [5.74, 6) is 0. The molecule has 2 aromatic rings. The zero-order valence-corrected chi connectivity index (χ0v) is 14.7. The van der Waals surface area contributed by atoms with E-state index in [-0.39, 0.29) is 5.69 Å². The molecule has 0 aliphatic carbocycles. The molecule has 0 aliphatic heterocycles. The Balaban J connectivity index is 1.75. The monoisotopic (exact) mass is 365 g/mol. The van der Waals surface area contributed by atoms with E-state index in [1.54, 1.807) is 0 Å². The standard InChI is InChI=1S/C19H22F3N3O/c1-25(2)17-10-8-14(9-11-17)5-4-12-23-18(26)24-16-7-3-6-15(13-16)19(20,21)22/h3,6-11,13H,4-5,12H2,1-2H3,(H2,23,24,26). The van der Waals surface area contributed by atoms with Crippen LogP contribution in [-0.4, -0.2) is 26.7 Å². The zero-order chi connectivity index (χ0) is 19.2. The highest BCUT2D eigenvalue weighted by Gasteiger charge is 2.30. The maximum Gasteiger partial charge on any atom is 0.416 e. The van der Waals surface area contributed by atoms with Crippen LogP contribution < -0.4 is 15.5 Å². The van der Waals surface area contributed by atoms with Crippen LogP contribution >= 0.6 is 0 Å². The number of aryl methyl sites for hydroxylation is 1. The predicted octanol–water partition coefficient (Wildman–Crippen LogP) is 4.53. The second kappa shape index (κ2) is 8.60. The normalized spacial score (nSPS) is 11.1. The van der Waals surface area contributed by atoms with Crippen molar-refractivity contribution in [3.8, 4) is 0 Å². The van der Waals surface area contributed by atoms with Gasteiger partial charge in [0.15, 0.2) is 0 Å². The Labute approximate surface area is 151 Å². The lowest BCUT2D eigenvalue weighted by atomic mass is 10.1. The SMILES string of the molecule is CN(C)c1ccc(CCCNC(=O)Nc2cccc(C(F)(F)F)c2)cc1. The number of carbonyl (C=O) groups is 1. The highest BCUT2D eigenvalue weighted by Crippen LogP contribution is 2.30. The van der Waals surface area contributed by atoms with Crippen molar-refractivity contribution in [2.24, 2.45) is 0 Å². The lowest BCUT2D eigenvalue weighted by Gasteiger charge is -2.13. The van der Waals surface area contributed by atoms with Gasteiger partial charge in [-0.2, -0.15) is 13.2 Å². The van der Waals surface area contributed by atoms with Crippen LogP contribution in [0, 0.1) is 0 Å². The highest BCUT2D eigenvalue weighted by atomic mass is 19.4. The van der Waals surface area contributed by atoms with Crippen molar-refractivity contribution >= 4 is 17.4 Å². The van der Waals surface area contributed by atoms with Gasteiger partial charge in [0.2, 0.25) is 0 Å². The van der Waals surface area contributed by atoms with Gasteiger partial charge in [0, 0.05) is 32.0 Å². The molecule has 0 radical (unpaired) electrons. The quantitative estimate of drug-likeness (QED) is 0.739. The number of nitrogens with one attached hydrogen (secondary N) is 2. The van der Waals surface area contributed by atoms with E-state index in [4.69, 9.17) is 0 Å². The average Bonchev–Trinajstić information content (AvgIpc) is 2.58. The second-order valence-electron chi connectivity index (χ2n) is 6.12. The molecule has 0 fully saturated rings. The predicted molar refractivity (Wildman–Crippen MR) is 97.6 cm³/mol. The number of alkyl halides is 3. The lowest BCUT2D eigenvalue weighted by Crippen LogP contribution is -2.29. The number of hydrogen-bond donors (Lipinski definition) is 2. The number of rotatable bonds is 6. The van der Waals surface area contributed by atoms with Gasteiger partial charge in [0.05, 0.1) is 5.56 Å². The van der Waals surface area contributed by atoms with E-state index in [1.807, 2.05) is 43.3 Å². The molecule has 0 saturated heterocycles. The number of hydrogen-bond acceptors (Lipinski definition) is 2. The Morgan fingerprint density at radius 1 is 1.08 bits per heavy atom. The molecule has 2 amide bonds. The maximum absolute atomic E-state index is 12.7. The first-order valence-electron chi connectivity index (χ1n) is 8.24. The van der Waals surface area contributed by atoms with Crippen LogP contribution in [0.1, 0.15) is 17.5 Å². The zero-order valence-electron chi connectivity index (χ0n) is 14.7. The average molecular weight is 365 g/mol. The Bertz CT molecular complexity index is 728. The van der Waals surface area contributed by atoms with E-state index < -0.39 is 17.8 Å². The Morgan fingerprint density at radius 3 is 2.38 bits per heavy atom. The third-order valence-corrected chi connectivity index (χ3v) is 3.83. The molecular formula is C19H22F3N3O. The van der Waals surface area contributed by atoms with Crippen LogP contribution in [0.5, 0.6) is 0 Å². The number of anilines is 2. The molecule has 0 heterocycles. The minimum Gasteiger partial charge on any atom is -0.378 e. The molecule has 2 aromatic carbocycles. The minimum absolute atomic E-state index is 0.108. The van der Waals surface area contributed by atoms with E-state index >= 15 is 0 Å². The fraction of sp³-hybridized carbons (Fsp3) is 0.316. The third kappa shape index (κ3) is 5.98.